The Hall–Kier alpha value is -4.97. The summed E-state index contributed by atoms with van der Waals surface area (Å²) in [5.41, 5.74) is 14.4. The third kappa shape index (κ3) is 34.0. The Labute approximate surface area is 409 Å². The molecular formula is C61H92N2O4. The highest BCUT2D eigenvalue weighted by Crippen LogP contribution is 2.22. The summed E-state index contributed by atoms with van der Waals surface area (Å²) >= 11 is 0. The summed E-state index contributed by atoms with van der Waals surface area (Å²) in [5.74, 6) is -1.53. The molecule has 0 bridgehead atoms. The summed E-state index contributed by atoms with van der Waals surface area (Å²) in [4.78, 5) is 37.8. The average molecular weight is 917 g/mol. The predicted molar refractivity (Wildman–Crippen MR) is 292 cm³/mol. The lowest BCUT2D eigenvalue weighted by atomic mass is 10.0. The van der Waals surface area contributed by atoms with Gasteiger partial charge < -0.3 is 15.7 Å². The third-order valence-electron chi connectivity index (χ3n) is 11.9. The molecule has 1 aromatic carbocycles. The molecule has 1 aromatic rings. The van der Waals surface area contributed by atoms with E-state index in [1.165, 1.54) is 56.7 Å². The number of allylic oxidation sites excluding steroid dienone is 20. The second kappa shape index (κ2) is 36.1. The zero-order chi connectivity index (χ0) is 50.0. The Bertz CT molecular complexity index is 1880. The molecule has 0 aliphatic carbocycles. The van der Waals surface area contributed by atoms with E-state index in [1.54, 1.807) is 6.07 Å². The molecule has 1 rings (SSSR count). The molecule has 6 heteroatoms. The van der Waals surface area contributed by atoms with E-state index >= 15 is 0 Å². The Morgan fingerprint density at radius 2 is 0.582 bits per heavy atom. The molecule has 0 fully saturated rings. The van der Waals surface area contributed by atoms with Crippen molar-refractivity contribution in [1.29, 1.82) is 0 Å². The molecule has 3 N–H and O–H groups in total. The minimum atomic E-state index is -1.13. The van der Waals surface area contributed by atoms with Crippen LogP contribution in [0.25, 0.3) is 0 Å². The predicted octanol–water partition coefficient (Wildman–Crippen LogP) is 18.6. The van der Waals surface area contributed by atoms with Crippen LogP contribution in [-0.2, 0) is 9.59 Å². The van der Waals surface area contributed by atoms with Gasteiger partial charge in [0.05, 0.1) is 5.56 Å². The van der Waals surface area contributed by atoms with Gasteiger partial charge in [0.15, 0.2) is 0 Å². The SMILES string of the molecule is CC(C)=CCC/C(C)=C/CC/C(C)=C/CC/C=C(\C)CC/C=C(\C)CCC(=O)Nc1cc(NC(=O)CC/C(C)=C/CC/C(C)=C/CC/C=C(\C)CC/C=C(\C)CCC=C(C)C)cc(C(=O)O)c1. The van der Waals surface area contributed by atoms with E-state index in [-0.39, 0.29) is 30.2 Å². The van der Waals surface area contributed by atoms with Gasteiger partial charge in [-0.3, -0.25) is 9.59 Å². The maximum atomic E-state index is 12.9. The van der Waals surface area contributed by atoms with Gasteiger partial charge in [0.1, 0.15) is 0 Å². The van der Waals surface area contributed by atoms with Crippen molar-refractivity contribution in [2.24, 2.45) is 0 Å². The lowest BCUT2D eigenvalue weighted by Crippen LogP contribution is -2.15. The van der Waals surface area contributed by atoms with Crippen molar-refractivity contribution >= 4 is 29.2 Å². The number of hydrogen-bond acceptors (Lipinski definition) is 3. The second-order valence-electron chi connectivity index (χ2n) is 19.6. The smallest absolute Gasteiger partial charge is 0.335 e. The van der Waals surface area contributed by atoms with Gasteiger partial charge >= 0.3 is 5.97 Å². The molecular weight excluding hydrogens is 825 g/mol. The topological polar surface area (TPSA) is 95.5 Å². The van der Waals surface area contributed by atoms with E-state index in [0.29, 0.717) is 24.2 Å². The van der Waals surface area contributed by atoms with Crippen molar-refractivity contribution < 1.29 is 19.5 Å². The number of carboxylic acid groups (broad SMARTS) is 1. The largest absolute Gasteiger partial charge is 0.478 e. The fraction of sp³-hybridized carbons (Fsp3) is 0.525. The van der Waals surface area contributed by atoms with Gasteiger partial charge in [0.25, 0.3) is 0 Å². The zero-order valence-electron chi connectivity index (χ0n) is 44.3. The molecule has 0 aliphatic rings. The first kappa shape index (κ1) is 60.0. The normalized spacial score (nSPS) is 13.4. The molecule has 0 radical (unpaired) electrons. The van der Waals surface area contributed by atoms with Gasteiger partial charge in [-0.25, -0.2) is 4.79 Å². The molecule has 370 valence electrons. The number of rotatable bonds is 33. The summed E-state index contributed by atoms with van der Waals surface area (Å²) in [5, 5.41) is 15.4. The maximum absolute atomic E-state index is 12.9. The third-order valence-corrected chi connectivity index (χ3v) is 11.9. The fourth-order valence-corrected chi connectivity index (χ4v) is 7.46. The van der Waals surface area contributed by atoms with Gasteiger partial charge in [-0.1, -0.05) is 116 Å². The van der Waals surface area contributed by atoms with Crippen molar-refractivity contribution in [3.05, 3.63) is 140 Å². The van der Waals surface area contributed by atoms with Crippen molar-refractivity contribution in [1.82, 2.24) is 0 Å². The number of hydrogen-bond donors (Lipinski definition) is 3. The van der Waals surface area contributed by atoms with Crippen LogP contribution in [0.5, 0.6) is 0 Å². The molecule has 0 unspecified atom stereocenters. The lowest BCUT2D eigenvalue weighted by molar-refractivity contribution is -0.116. The Kier molecular flexibility index (Phi) is 32.4. The van der Waals surface area contributed by atoms with Gasteiger partial charge in [-0.15, -0.1) is 0 Å². The van der Waals surface area contributed by atoms with Crippen molar-refractivity contribution in [3.63, 3.8) is 0 Å². The maximum Gasteiger partial charge on any atom is 0.335 e. The highest BCUT2D eigenvalue weighted by atomic mass is 16.4. The van der Waals surface area contributed by atoms with E-state index in [4.69, 9.17) is 0 Å². The van der Waals surface area contributed by atoms with Crippen molar-refractivity contribution in [3.8, 4) is 0 Å². The number of anilines is 2. The molecule has 0 saturated carbocycles. The van der Waals surface area contributed by atoms with Crippen LogP contribution in [0.15, 0.2) is 135 Å². The average Bonchev–Trinajstić information content (AvgIpc) is 3.25. The van der Waals surface area contributed by atoms with Crippen LogP contribution in [0.1, 0.15) is 222 Å². The minimum absolute atomic E-state index is 0.00195. The molecule has 0 aliphatic heterocycles. The van der Waals surface area contributed by atoms with Crippen LogP contribution < -0.4 is 10.6 Å². The number of carbonyl (C=O) groups excluding carboxylic acids is 2. The van der Waals surface area contributed by atoms with Crippen LogP contribution in [0.4, 0.5) is 11.4 Å². The van der Waals surface area contributed by atoms with Gasteiger partial charge in [-0.2, -0.15) is 0 Å². The standard InChI is InChI=1S/C61H92N2O4/c1-46(2)23-17-29-52(9)35-19-31-48(5)25-13-15-27-50(7)33-21-37-54(11)39-41-59(64)62-57-43-56(61(66)67)44-58(45-57)63-60(65)42-40-55(12)38-22-34-51(8)28-16-14-26-49(6)32-20-36-53(10)30-18-24-47(3)4/h23-28,35-38,43-45H,13-22,29-34,39-42H2,1-12H3,(H,62,64)(H,63,65)(H,66,67)/b48-25+,49-26+,50-27+,51-28+,52-35+,53-36+,54-37+,55-38+. The van der Waals surface area contributed by atoms with Crippen LogP contribution in [0.2, 0.25) is 0 Å². The molecule has 0 atom stereocenters. The Morgan fingerprint density at radius 1 is 0.343 bits per heavy atom. The summed E-state index contributed by atoms with van der Waals surface area (Å²) in [6.07, 6.45) is 42.1. The van der Waals surface area contributed by atoms with E-state index < -0.39 is 5.97 Å². The molecule has 67 heavy (non-hydrogen) atoms. The highest BCUT2D eigenvalue weighted by molar-refractivity contribution is 5.98. The summed E-state index contributed by atoms with van der Waals surface area (Å²) < 4.78 is 0. The number of unbranched alkanes of at least 4 members (excludes halogenated alkanes) is 2. The first-order chi connectivity index (χ1) is 31.8. The number of aromatic carboxylic acids is 1. The van der Waals surface area contributed by atoms with E-state index in [2.05, 4.69) is 141 Å². The second-order valence-corrected chi connectivity index (χ2v) is 19.6. The summed E-state index contributed by atoms with van der Waals surface area (Å²) in [6.45, 7) is 26.0. The number of nitrogens with one attached hydrogen (secondary N) is 2. The lowest BCUT2D eigenvalue weighted by Gasteiger charge is -2.11. The van der Waals surface area contributed by atoms with Crippen LogP contribution in [0, 0.1) is 0 Å². The van der Waals surface area contributed by atoms with E-state index in [0.717, 1.165) is 114 Å². The monoisotopic (exact) mass is 917 g/mol. The molecule has 2 amide bonds. The fourth-order valence-electron chi connectivity index (χ4n) is 7.46. The number of carbonyl (C=O) groups is 3. The highest BCUT2D eigenvalue weighted by Gasteiger charge is 2.12. The summed E-state index contributed by atoms with van der Waals surface area (Å²) in [7, 11) is 0. The Balaban J connectivity index is 2.49. The molecule has 0 saturated heterocycles. The zero-order valence-corrected chi connectivity index (χ0v) is 44.3. The molecule has 0 aromatic heterocycles. The molecule has 6 nitrogen and oxygen atoms in total. The number of benzene rings is 1. The van der Waals surface area contributed by atoms with Crippen LogP contribution in [0.3, 0.4) is 0 Å². The van der Waals surface area contributed by atoms with Crippen LogP contribution >= 0.6 is 0 Å². The number of carboxylic acids is 1. The summed E-state index contributed by atoms with van der Waals surface area (Å²) in [6, 6.07) is 4.47. The van der Waals surface area contributed by atoms with Gasteiger partial charge in [0, 0.05) is 24.2 Å². The number of amides is 2. The van der Waals surface area contributed by atoms with Crippen LogP contribution in [-0.4, -0.2) is 22.9 Å². The van der Waals surface area contributed by atoms with Crippen molar-refractivity contribution in [2.45, 2.75) is 212 Å². The molecule has 0 spiro atoms. The molecule has 0 heterocycles. The van der Waals surface area contributed by atoms with Gasteiger partial charge in [0.2, 0.25) is 11.8 Å². The van der Waals surface area contributed by atoms with Gasteiger partial charge in [-0.05, 0) is 217 Å². The Morgan fingerprint density at radius 3 is 0.836 bits per heavy atom. The first-order valence-electron chi connectivity index (χ1n) is 25.3. The van der Waals surface area contributed by atoms with Crippen molar-refractivity contribution in [2.75, 3.05) is 10.6 Å². The first-order valence-corrected chi connectivity index (χ1v) is 25.3. The van der Waals surface area contributed by atoms with E-state index in [9.17, 15) is 19.5 Å². The minimum Gasteiger partial charge on any atom is -0.478 e. The van der Waals surface area contributed by atoms with E-state index in [1.807, 2.05) is 13.8 Å². The quantitative estimate of drug-likeness (QED) is 0.0483.